The van der Waals surface area contributed by atoms with E-state index in [2.05, 4.69) is 19.2 Å². The van der Waals surface area contributed by atoms with E-state index >= 15 is 0 Å². The van der Waals surface area contributed by atoms with Gasteiger partial charge in [0, 0.05) is 6.42 Å². The minimum absolute atomic E-state index is 0.0266. The molecule has 1 amide bonds. The van der Waals surface area contributed by atoms with Crippen molar-refractivity contribution in [2.45, 2.75) is 45.6 Å². The molecule has 1 aromatic carbocycles. The van der Waals surface area contributed by atoms with Gasteiger partial charge in [0.25, 0.3) is 0 Å². The molecule has 0 heterocycles. The van der Waals surface area contributed by atoms with Crippen LogP contribution < -0.4 is 5.32 Å². The summed E-state index contributed by atoms with van der Waals surface area (Å²) in [6.45, 7) is 4.21. The summed E-state index contributed by atoms with van der Waals surface area (Å²) < 4.78 is 0. The third-order valence-corrected chi connectivity index (χ3v) is 3.56. The number of benzene rings is 1. The Bertz CT molecular complexity index is 427. The van der Waals surface area contributed by atoms with Crippen LogP contribution in [0.3, 0.4) is 0 Å². The molecule has 0 aliphatic rings. The van der Waals surface area contributed by atoms with E-state index in [4.69, 9.17) is 5.11 Å². The Hall–Kier alpha value is -1.84. The van der Waals surface area contributed by atoms with Crippen molar-refractivity contribution in [3.8, 4) is 0 Å². The summed E-state index contributed by atoms with van der Waals surface area (Å²) in [6, 6.07) is 9.80. The van der Waals surface area contributed by atoms with Crippen molar-refractivity contribution < 1.29 is 14.7 Å². The van der Waals surface area contributed by atoms with Crippen LogP contribution in [0.4, 0.5) is 0 Å². The van der Waals surface area contributed by atoms with Gasteiger partial charge in [-0.25, -0.2) is 0 Å². The summed E-state index contributed by atoms with van der Waals surface area (Å²) in [7, 11) is 0. The lowest BCUT2D eigenvalue weighted by atomic mass is 9.88. The molecule has 110 valence electrons. The Balaban J connectivity index is 2.78. The van der Waals surface area contributed by atoms with E-state index in [-0.39, 0.29) is 24.8 Å². The molecule has 0 aromatic heterocycles. The number of aliphatic carboxylic acids is 1. The predicted molar refractivity (Wildman–Crippen MR) is 78.3 cm³/mol. The molecule has 0 radical (unpaired) electrons. The van der Waals surface area contributed by atoms with Crippen LogP contribution in [0.25, 0.3) is 0 Å². The first-order valence-electron chi connectivity index (χ1n) is 7.14. The van der Waals surface area contributed by atoms with Gasteiger partial charge >= 0.3 is 5.97 Å². The number of hydrogen-bond donors (Lipinski definition) is 2. The van der Waals surface area contributed by atoms with Gasteiger partial charge in [0.1, 0.15) is 0 Å². The monoisotopic (exact) mass is 277 g/mol. The first-order valence-corrected chi connectivity index (χ1v) is 7.14. The number of carboxylic acids is 1. The summed E-state index contributed by atoms with van der Waals surface area (Å²) >= 11 is 0. The van der Waals surface area contributed by atoms with Crippen molar-refractivity contribution in [2.75, 3.05) is 0 Å². The van der Waals surface area contributed by atoms with Crippen molar-refractivity contribution in [3.05, 3.63) is 35.9 Å². The molecular weight excluding hydrogens is 254 g/mol. The summed E-state index contributed by atoms with van der Waals surface area (Å²) in [4.78, 5) is 22.4. The van der Waals surface area contributed by atoms with E-state index in [1.54, 1.807) is 0 Å². The summed E-state index contributed by atoms with van der Waals surface area (Å²) in [5, 5.41) is 11.6. The fourth-order valence-corrected chi connectivity index (χ4v) is 2.36. The minimum Gasteiger partial charge on any atom is -0.481 e. The molecule has 0 spiro atoms. The molecule has 1 rings (SSSR count). The molecule has 0 fully saturated rings. The van der Waals surface area contributed by atoms with Crippen LogP contribution in [0.15, 0.2) is 30.3 Å². The Morgan fingerprint density at radius 2 is 1.70 bits per heavy atom. The summed E-state index contributed by atoms with van der Waals surface area (Å²) in [5.41, 5.74) is 1.07. The van der Waals surface area contributed by atoms with Gasteiger partial charge in [-0.2, -0.15) is 0 Å². The molecule has 1 atom stereocenters. The van der Waals surface area contributed by atoms with Crippen LogP contribution in [0.2, 0.25) is 0 Å². The van der Waals surface area contributed by atoms with Gasteiger partial charge in [0.05, 0.1) is 12.5 Å². The van der Waals surface area contributed by atoms with Gasteiger partial charge in [-0.1, -0.05) is 57.0 Å². The Morgan fingerprint density at radius 1 is 1.10 bits per heavy atom. The lowest BCUT2D eigenvalue weighted by Gasteiger charge is -2.27. The van der Waals surface area contributed by atoms with Crippen LogP contribution in [0.5, 0.6) is 0 Å². The van der Waals surface area contributed by atoms with Crippen molar-refractivity contribution in [3.63, 3.8) is 0 Å². The third kappa shape index (κ3) is 5.03. The minimum atomic E-state index is -0.945. The number of carbonyl (C=O) groups is 2. The molecule has 0 aliphatic carbocycles. The topological polar surface area (TPSA) is 66.4 Å². The molecule has 4 nitrogen and oxygen atoms in total. The first-order chi connectivity index (χ1) is 9.58. The van der Waals surface area contributed by atoms with Crippen molar-refractivity contribution >= 4 is 11.9 Å². The van der Waals surface area contributed by atoms with Gasteiger partial charge in [-0.3, -0.25) is 9.59 Å². The number of carbonyl (C=O) groups excluding carboxylic acids is 1. The lowest BCUT2D eigenvalue weighted by Crippen LogP contribution is -2.33. The zero-order chi connectivity index (χ0) is 15.0. The number of nitrogens with one attached hydrogen (secondary N) is 1. The standard InChI is InChI=1S/C16H23NO3/c1-3-12(4-2)16(13-8-6-5-7-9-13)17-14(18)10-11-15(19)20/h5-9,12,16H,3-4,10-11H2,1-2H3,(H,17,18)(H,19,20). The molecule has 20 heavy (non-hydrogen) atoms. The highest BCUT2D eigenvalue weighted by Crippen LogP contribution is 2.27. The van der Waals surface area contributed by atoms with Gasteiger partial charge < -0.3 is 10.4 Å². The van der Waals surface area contributed by atoms with Crippen LogP contribution in [0.1, 0.15) is 51.1 Å². The fraction of sp³-hybridized carbons (Fsp3) is 0.500. The van der Waals surface area contributed by atoms with Crippen LogP contribution in [0, 0.1) is 5.92 Å². The van der Waals surface area contributed by atoms with E-state index in [1.165, 1.54) is 0 Å². The van der Waals surface area contributed by atoms with E-state index in [0.29, 0.717) is 5.92 Å². The molecule has 0 saturated heterocycles. The van der Waals surface area contributed by atoms with E-state index in [1.807, 2.05) is 30.3 Å². The van der Waals surface area contributed by atoms with E-state index in [0.717, 1.165) is 18.4 Å². The zero-order valence-electron chi connectivity index (χ0n) is 12.1. The van der Waals surface area contributed by atoms with Crippen LogP contribution >= 0.6 is 0 Å². The van der Waals surface area contributed by atoms with Crippen molar-refractivity contribution in [1.82, 2.24) is 5.32 Å². The average molecular weight is 277 g/mol. The predicted octanol–water partition coefficient (Wildman–Crippen LogP) is 3.14. The molecule has 4 heteroatoms. The van der Waals surface area contributed by atoms with Crippen molar-refractivity contribution in [2.24, 2.45) is 5.92 Å². The second-order valence-electron chi connectivity index (χ2n) is 4.93. The van der Waals surface area contributed by atoms with Gasteiger partial charge in [-0.15, -0.1) is 0 Å². The summed E-state index contributed by atoms with van der Waals surface area (Å²) in [5.74, 6) is -0.793. The fourth-order valence-electron chi connectivity index (χ4n) is 2.36. The number of rotatable bonds is 8. The zero-order valence-corrected chi connectivity index (χ0v) is 12.1. The number of amides is 1. The highest BCUT2D eigenvalue weighted by atomic mass is 16.4. The van der Waals surface area contributed by atoms with Crippen LogP contribution in [-0.2, 0) is 9.59 Å². The Morgan fingerprint density at radius 3 is 2.20 bits per heavy atom. The lowest BCUT2D eigenvalue weighted by molar-refractivity contribution is -0.139. The van der Waals surface area contributed by atoms with Gasteiger partial charge in [-0.05, 0) is 11.5 Å². The molecule has 0 saturated carbocycles. The maximum atomic E-state index is 11.9. The molecule has 1 aromatic rings. The second kappa shape index (κ2) is 8.35. The first kappa shape index (κ1) is 16.2. The van der Waals surface area contributed by atoms with E-state index < -0.39 is 5.97 Å². The number of hydrogen-bond acceptors (Lipinski definition) is 2. The Labute approximate surface area is 120 Å². The normalized spacial score (nSPS) is 12.2. The highest BCUT2D eigenvalue weighted by molar-refractivity contribution is 5.80. The largest absolute Gasteiger partial charge is 0.481 e. The third-order valence-electron chi connectivity index (χ3n) is 3.56. The Kier molecular flexibility index (Phi) is 6.77. The molecule has 0 bridgehead atoms. The van der Waals surface area contributed by atoms with Gasteiger partial charge in [0.15, 0.2) is 0 Å². The molecule has 0 aliphatic heterocycles. The van der Waals surface area contributed by atoms with Crippen molar-refractivity contribution in [1.29, 1.82) is 0 Å². The number of carboxylic acid groups (broad SMARTS) is 1. The van der Waals surface area contributed by atoms with E-state index in [9.17, 15) is 9.59 Å². The molecular formula is C16H23NO3. The highest BCUT2D eigenvalue weighted by Gasteiger charge is 2.22. The smallest absolute Gasteiger partial charge is 0.303 e. The summed E-state index contributed by atoms with van der Waals surface area (Å²) in [6.07, 6.45) is 1.83. The maximum Gasteiger partial charge on any atom is 0.303 e. The van der Waals surface area contributed by atoms with Crippen LogP contribution in [-0.4, -0.2) is 17.0 Å². The van der Waals surface area contributed by atoms with Gasteiger partial charge in [0.2, 0.25) is 5.91 Å². The average Bonchev–Trinajstić information content (AvgIpc) is 2.46. The maximum absolute atomic E-state index is 11.9. The SMILES string of the molecule is CCC(CC)C(NC(=O)CCC(=O)O)c1ccccc1. The molecule has 1 unspecified atom stereocenters. The molecule has 2 N–H and O–H groups in total. The quantitative estimate of drug-likeness (QED) is 0.767. The second-order valence-corrected chi connectivity index (χ2v) is 4.93.